The van der Waals surface area contributed by atoms with Gasteiger partial charge in [0.15, 0.2) is 0 Å². The first-order valence-corrected chi connectivity index (χ1v) is 7.76. The zero-order chi connectivity index (χ0) is 13.5. The monoisotopic (exact) mass is 256 g/mol. The number of aliphatic hydroxyl groups is 2. The van der Waals surface area contributed by atoms with Crippen LogP contribution in [0.4, 0.5) is 0 Å². The van der Waals surface area contributed by atoms with Gasteiger partial charge in [0.1, 0.15) is 0 Å². The van der Waals surface area contributed by atoms with Gasteiger partial charge in [-0.05, 0) is 25.7 Å². The summed E-state index contributed by atoms with van der Waals surface area (Å²) in [7, 11) is 0. The Balaban J connectivity index is 3.16. The highest BCUT2D eigenvalue weighted by Gasteiger charge is 1.96. The molecular weight excluding hydrogens is 224 g/mol. The molecule has 2 nitrogen and oxygen atoms in total. The molecule has 0 saturated carbocycles. The summed E-state index contributed by atoms with van der Waals surface area (Å²) in [6.45, 7) is 2.42. The lowest BCUT2D eigenvalue weighted by atomic mass is 10.1. The van der Waals surface area contributed by atoms with Gasteiger partial charge in [-0.2, -0.15) is 0 Å². The van der Waals surface area contributed by atoms with E-state index in [-0.39, 0.29) is 12.7 Å². The van der Waals surface area contributed by atoms with E-state index in [2.05, 4.69) is 13.0 Å². The average Bonchev–Trinajstić information content (AvgIpc) is 2.38. The number of unbranched alkanes of at least 4 members (excludes halogenated alkanes) is 8. The Kier molecular flexibility index (Phi) is 14.4. The Hall–Kier alpha value is -0.340. The van der Waals surface area contributed by atoms with E-state index in [1.54, 1.807) is 0 Å². The van der Waals surface area contributed by atoms with Gasteiger partial charge in [-0.25, -0.2) is 0 Å². The third-order valence-corrected chi connectivity index (χ3v) is 3.24. The van der Waals surface area contributed by atoms with Gasteiger partial charge in [-0.1, -0.05) is 64.0 Å². The van der Waals surface area contributed by atoms with Crippen molar-refractivity contribution in [2.24, 2.45) is 0 Å². The van der Waals surface area contributed by atoms with Crippen molar-refractivity contribution in [3.8, 4) is 0 Å². The fraction of sp³-hybridized carbons (Fsp3) is 0.875. The first kappa shape index (κ1) is 17.7. The fourth-order valence-electron chi connectivity index (χ4n) is 2.05. The molecule has 0 aromatic heterocycles. The van der Waals surface area contributed by atoms with E-state index in [0.717, 1.165) is 6.42 Å². The van der Waals surface area contributed by atoms with Crippen LogP contribution in [0.25, 0.3) is 0 Å². The third-order valence-electron chi connectivity index (χ3n) is 3.24. The van der Waals surface area contributed by atoms with Crippen molar-refractivity contribution >= 4 is 0 Å². The normalized spacial score (nSPS) is 13.3. The standard InChI is InChI=1S/C16H32O2/c1-2-3-4-5-6-7-8-9-10-11-13-16(18)14-12-15-17/h11,13,16-18H,2-10,12,14-15H2,1H3. The van der Waals surface area contributed by atoms with E-state index in [1.165, 1.54) is 51.4 Å². The van der Waals surface area contributed by atoms with Crippen molar-refractivity contribution in [2.45, 2.75) is 83.7 Å². The molecular formula is C16H32O2. The predicted molar refractivity (Wildman–Crippen MR) is 78.7 cm³/mol. The Morgan fingerprint density at radius 2 is 1.50 bits per heavy atom. The van der Waals surface area contributed by atoms with Crippen molar-refractivity contribution in [1.29, 1.82) is 0 Å². The maximum Gasteiger partial charge on any atom is 0.0721 e. The van der Waals surface area contributed by atoms with Gasteiger partial charge < -0.3 is 10.2 Å². The van der Waals surface area contributed by atoms with E-state index in [0.29, 0.717) is 12.8 Å². The number of rotatable bonds is 13. The van der Waals surface area contributed by atoms with Gasteiger partial charge in [0, 0.05) is 6.61 Å². The molecule has 18 heavy (non-hydrogen) atoms. The molecule has 0 aromatic carbocycles. The first-order valence-electron chi connectivity index (χ1n) is 7.76. The maximum absolute atomic E-state index is 9.51. The molecule has 0 aliphatic carbocycles. The zero-order valence-electron chi connectivity index (χ0n) is 12.1. The molecule has 0 radical (unpaired) electrons. The Labute approximate surface area is 113 Å². The van der Waals surface area contributed by atoms with E-state index < -0.39 is 0 Å². The lowest BCUT2D eigenvalue weighted by Crippen LogP contribution is -2.02. The molecule has 0 bridgehead atoms. The van der Waals surface area contributed by atoms with Crippen LogP contribution in [-0.4, -0.2) is 22.9 Å². The third kappa shape index (κ3) is 13.7. The van der Waals surface area contributed by atoms with Crippen LogP contribution in [0.1, 0.15) is 77.6 Å². The molecule has 0 saturated heterocycles. The van der Waals surface area contributed by atoms with E-state index >= 15 is 0 Å². The predicted octanol–water partition coefficient (Wildman–Crippen LogP) is 4.21. The summed E-state index contributed by atoms with van der Waals surface area (Å²) < 4.78 is 0. The van der Waals surface area contributed by atoms with Crippen LogP contribution in [-0.2, 0) is 0 Å². The maximum atomic E-state index is 9.51. The minimum absolute atomic E-state index is 0.170. The molecule has 0 heterocycles. The van der Waals surface area contributed by atoms with Crippen LogP contribution in [0, 0.1) is 0 Å². The second-order valence-electron chi connectivity index (χ2n) is 5.12. The summed E-state index contributed by atoms with van der Waals surface area (Å²) in [5.41, 5.74) is 0. The second kappa shape index (κ2) is 14.7. The molecule has 0 aliphatic rings. The zero-order valence-corrected chi connectivity index (χ0v) is 12.1. The molecule has 2 N–H and O–H groups in total. The van der Waals surface area contributed by atoms with Crippen molar-refractivity contribution in [3.05, 3.63) is 12.2 Å². The first-order chi connectivity index (χ1) is 8.81. The highest BCUT2D eigenvalue weighted by atomic mass is 16.3. The highest BCUT2D eigenvalue weighted by molar-refractivity contribution is 4.88. The van der Waals surface area contributed by atoms with Gasteiger partial charge in [0.2, 0.25) is 0 Å². The van der Waals surface area contributed by atoms with Crippen LogP contribution in [0.15, 0.2) is 12.2 Å². The minimum atomic E-state index is -0.369. The van der Waals surface area contributed by atoms with Crippen molar-refractivity contribution in [2.75, 3.05) is 6.61 Å². The van der Waals surface area contributed by atoms with Crippen LogP contribution >= 0.6 is 0 Å². The molecule has 2 heteroatoms. The number of allylic oxidation sites excluding steroid dienone is 1. The quantitative estimate of drug-likeness (QED) is 0.383. The van der Waals surface area contributed by atoms with E-state index in [4.69, 9.17) is 5.11 Å². The molecule has 0 rings (SSSR count). The van der Waals surface area contributed by atoms with Crippen LogP contribution in [0.5, 0.6) is 0 Å². The Bertz CT molecular complexity index is 178. The Morgan fingerprint density at radius 1 is 0.889 bits per heavy atom. The SMILES string of the molecule is CCCCCCCCCCC=CC(O)CCCO. The van der Waals surface area contributed by atoms with E-state index in [9.17, 15) is 5.11 Å². The van der Waals surface area contributed by atoms with Gasteiger partial charge in [0.25, 0.3) is 0 Å². The summed E-state index contributed by atoms with van der Waals surface area (Å²) in [6, 6.07) is 0. The second-order valence-corrected chi connectivity index (χ2v) is 5.12. The molecule has 0 amide bonds. The van der Waals surface area contributed by atoms with E-state index in [1.807, 2.05) is 6.08 Å². The van der Waals surface area contributed by atoms with Crippen LogP contribution < -0.4 is 0 Å². The average molecular weight is 256 g/mol. The van der Waals surface area contributed by atoms with Gasteiger partial charge in [-0.15, -0.1) is 0 Å². The molecule has 0 aromatic rings. The molecule has 108 valence electrons. The minimum Gasteiger partial charge on any atom is -0.396 e. The van der Waals surface area contributed by atoms with Crippen LogP contribution in [0.2, 0.25) is 0 Å². The lowest BCUT2D eigenvalue weighted by molar-refractivity contribution is 0.190. The van der Waals surface area contributed by atoms with Gasteiger partial charge in [0.05, 0.1) is 6.10 Å². The largest absolute Gasteiger partial charge is 0.396 e. The van der Waals surface area contributed by atoms with Crippen molar-refractivity contribution < 1.29 is 10.2 Å². The molecule has 0 aliphatic heterocycles. The fourth-order valence-corrected chi connectivity index (χ4v) is 2.05. The topological polar surface area (TPSA) is 40.5 Å². The molecule has 1 atom stereocenters. The molecule has 0 spiro atoms. The summed E-state index contributed by atoms with van der Waals surface area (Å²) in [4.78, 5) is 0. The smallest absolute Gasteiger partial charge is 0.0721 e. The van der Waals surface area contributed by atoms with Crippen LogP contribution in [0.3, 0.4) is 0 Å². The summed E-state index contributed by atoms with van der Waals surface area (Å²) in [5.74, 6) is 0. The summed E-state index contributed by atoms with van der Waals surface area (Å²) >= 11 is 0. The summed E-state index contributed by atoms with van der Waals surface area (Å²) in [6.07, 6.45) is 16.8. The lowest BCUT2D eigenvalue weighted by Gasteiger charge is -2.03. The van der Waals surface area contributed by atoms with Crippen molar-refractivity contribution in [3.63, 3.8) is 0 Å². The highest BCUT2D eigenvalue weighted by Crippen LogP contribution is 2.10. The number of hydrogen-bond acceptors (Lipinski definition) is 2. The number of aliphatic hydroxyl groups excluding tert-OH is 2. The summed E-state index contributed by atoms with van der Waals surface area (Å²) in [5, 5.41) is 18.1. The van der Waals surface area contributed by atoms with Crippen molar-refractivity contribution in [1.82, 2.24) is 0 Å². The molecule has 0 fully saturated rings. The number of hydrogen-bond donors (Lipinski definition) is 2. The Morgan fingerprint density at radius 3 is 2.11 bits per heavy atom. The van der Waals surface area contributed by atoms with Gasteiger partial charge in [-0.3, -0.25) is 0 Å². The molecule has 1 unspecified atom stereocenters. The van der Waals surface area contributed by atoms with Gasteiger partial charge >= 0.3 is 0 Å².